The summed E-state index contributed by atoms with van der Waals surface area (Å²) in [6.07, 6.45) is 4.09. The Hall–Kier alpha value is -2.33. The molecule has 5 nitrogen and oxygen atoms in total. The van der Waals surface area contributed by atoms with Gasteiger partial charge >= 0.3 is 6.03 Å². The van der Waals surface area contributed by atoms with Gasteiger partial charge in [0.05, 0.1) is 11.4 Å². The maximum atomic E-state index is 12.4. The van der Waals surface area contributed by atoms with Crippen LogP contribution in [0.1, 0.15) is 0 Å². The number of urea groups is 1. The Morgan fingerprint density at radius 3 is 1.70 bits per heavy atom. The third kappa shape index (κ3) is 5.04. The highest BCUT2D eigenvalue weighted by molar-refractivity contribution is 7.98. The number of nitrogens with zero attached hydrogens (tertiary/aromatic N) is 2. The summed E-state index contributed by atoms with van der Waals surface area (Å²) in [6, 6.07) is 16.0. The molecule has 0 aliphatic heterocycles. The van der Waals surface area contributed by atoms with Crippen LogP contribution in [0, 0.1) is 0 Å². The standard InChI is InChI=1S/C21H18N4OS4/c1-27-15-7-3-5-13(9-15)17-11-29-20(22-17)24-19(26)25-21-23-18(12-30-21)14-6-4-8-16(10-14)28-2/h3-12H,1-2H3,(H2,22,23,24,25,26). The molecule has 4 aromatic rings. The van der Waals surface area contributed by atoms with Crippen molar-refractivity contribution in [2.45, 2.75) is 9.79 Å². The van der Waals surface area contributed by atoms with Crippen LogP contribution in [-0.4, -0.2) is 28.5 Å². The minimum atomic E-state index is -0.354. The molecular weight excluding hydrogens is 453 g/mol. The lowest BCUT2D eigenvalue weighted by Gasteiger charge is -2.02. The summed E-state index contributed by atoms with van der Waals surface area (Å²) in [5, 5.41) is 10.5. The summed E-state index contributed by atoms with van der Waals surface area (Å²) < 4.78 is 0. The van der Waals surface area contributed by atoms with E-state index in [1.165, 1.54) is 32.5 Å². The number of thiazole rings is 2. The van der Waals surface area contributed by atoms with Crippen LogP contribution in [-0.2, 0) is 0 Å². The Labute approximate surface area is 191 Å². The Bertz CT molecular complexity index is 1080. The first-order valence-corrected chi connectivity index (χ1v) is 13.1. The number of thioether (sulfide) groups is 2. The van der Waals surface area contributed by atoms with Crippen LogP contribution in [0.25, 0.3) is 22.5 Å². The third-order valence-electron chi connectivity index (χ3n) is 4.18. The molecule has 4 rings (SSSR count). The monoisotopic (exact) mass is 470 g/mol. The van der Waals surface area contributed by atoms with Crippen molar-refractivity contribution >= 4 is 62.5 Å². The van der Waals surface area contributed by atoms with Gasteiger partial charge in [-0.3, -0.25) is 10.6 Å². The molecule has 152 valence electrons. The maximum absolute atomic E-state index is 12.4. The summed E-state index contributed by atoms with van der Waals surface area (Å²) in [5.74, 6) is 0. The van der Waals surface area contributed by atoms with E-state index in [9.17, 15) is 4.79 Å². The van der Waals surface area contributed by atoms with Crippen molar-refractivity contribution < 1.29 is 4.79 Å². The number of aromatic nitrogens is 2. The topological polar surface area (TPSA) is 66.9 Å². The van der Waals surface area contributed by atoms with E-state index in [-0.39, 0.29) is 6.03 Å². The normalized spacial score (nSPS) is 10.7. The number of nitrogens with one attached hydrogen (secondary N) is 2. The number of carbonyl (C=O) groups excluding carboxylic acids is 1. The summed E-state index contributed by atoms with van der Waals surface area (Å²) in [7, 11) is 0. The zero-order valence-electron chi connectivity index (χ0n) is 16.2. The number of rotatable bonds is 6. The highest BCUT2D eigenvalue weighted by atomic mass is 32.2. The minimum absolute atomic E-state index is 0.354. The first-order chi connectivity index (χ1) is 14.6. The van der Waals surface area contributed by atoms with Gasteiger partial charge in [0.15, 0.2) is 10.3 Å². The quantitative estimate of drug-likeness (QED) is 0.296. The Kier molecular flexibility index (Phi) is 6.73. The van der Waals surface area contributed by atoms with Crippen molar-refractivity contribution in [3.05, 3.63) is 59.3 Å². The lowest BCUT2D eigenvalue weighted by Crippen LogP contribution is -2.19. The summed E-state index contributed by atoms with van der Waals surface area (Å²) >= 11 is 6.16. The van der Waals surface area contributed by atoms with Crippen molar-refractivity contribution in [3.8, 4) is 22.5 Å². The van der Waals surface area contributed by atoms with E-state index < -0.39 is 0 Å². The zero-order chi connectivity index (χ0) is 20.9. The molecular formula is C21H18N4OS4. The van der Waals surface area contributed by atoms with E-state index >= 15 is 0 Å². The van der Waals surface area contributed by atoms with Crippen LogP contribution in [0.15, 0.2) is 69.1 Å². The van der Waals surface area contributed by atoms with Gasteiger partial charge in [0.2, 0.25) is 0 Å². The smallest absolute Gasteiger partial charge is 0.283 e. The molecule has 2 aromatic carbocycles. The first kappa shape index (κ1) is 20.9. The predicted octanol–water partition coefficient (Wildman–Crippen LogP) is 7.02. The van der Waals surface area contributed by atoms with E-state index in [4.69, 9.17) is 0 Å². The minimum Gasteiger partial charge on any atom is -0.283 e. The van der Waals surface area contributed by atoms with Gasteiger partial charge in [-0.25, -0.2) is 14.8 Å². The van der Waals surface area contributed by atoms with Crippen molar-refractivity contribution in [2.24, 2.45) is 0 Å². The Balaban J connectivity index is 1.41. The van der Waals surface area contributed by atoms with E-state index in [0.29, 0.717) is 10.3 Å². The molecule has 0 aliphatic carbocycles. The van der Waals surface area contributed by atoms with Crippen LogP contribution in [0.4, 0.5) is 15.1 Å². The Morgan fingerprint density at radius 1 is 0.800 bits per heavy atom. The third-order valence-corrected chi connectivity index (χ3v) is 7.15. The van der Waals surface area contributed by atoms with Crippen LogP contribution in [0.2, 0.25) is 0 Å². The number of carbonyl (C=O) groups is 1. The van der Waals surface area contributed by atoms with Gasteiger partial charge in [0.25, 0.3) is 0 Å². The van der Waals surface area contributed by atoms with Crippen LogP contribution in [0.5, 0.6) is 0 Å². The van der Waals surface area contributed by atoms with Crippen LogP contribution >= 0.6 is 46.2 Å². The zero-order valence-corrected chi connectivity index (χ0v) is 19.5. The molecule has 0 spiro atoms. The van der Waals surface area contributed by atoms with Gasteiger partial charge in [0.1, 0.15) is 0 Å². The highest BCUT2D eigenvalue weighted by Gasteiger charge is 2.11. The first-order valence-electron chi connectivity index (χ1n) is 8.92. The second-order valence-electron chi connectivity index (χ2n) is 6.12. The second-order valence-corrected chi connectivity index (χ2v) is 9.59. The largest absolute Gasteiger partial charge is 0.327 e. The second kappa shape index (κ2) is 9.65. The molecule has 2 N–H and O–H groups in total. The molecule has 0 bridgehead atoms. The average molecular weight is 471 g/mol. The van der Waals surface area contributed by atoms with E-state index in [0.717, 1.165) is 22.5 Å². The lowest BCUT2D eigenvalue weighted by molar-refractivity contribution is 0.262. The maximum Gasteiger partial charge on any atom is 0.327 e. The number of amides is 2. The average Bonchev–Trinajstić information content (AvgIpc) is 3.43. The summed E-state index contributed by atoms with van der Waals surface area (Å²) in [6.45, 7) is 0. The number of anilines is 2. The van der Waals surface area contributed by atoms with Crippen molar-refractivity contribution in [1.82, 2.24) is 9.97 Å². The number of hydrogen-bond acceptors (Lipinski definition) is 7. The van der Waals surface area contributed by atoms with E-state index in [1.54, 1.807) is 23.5 Å². The fourth-order valence-corrected chi connectivity index (χ4v) is 5.07. The van der Waals surface area contributed by atoms with Gasteiger partial charge < -0.3 is 0 Å². The predicted molar refractivity (Wildman–Crippen MR) is 131 cm³/mol. The van der Waals surface area contributed by atoms with Gasteiger partial charge in [-0.15, -0.1) is 46.2 Å². The van der Waals surface area contributed by atoms with Crippen LogP contribution in [0.3, 0.4) is 0 Å². The molecule has 2 aromatic heterocycles. The molecule has 0 saturated heterocycles. The van der Waals surface area contributed by atoms with E-state index in [2.05, 4.69) is 44.9 Å². The molecule has 30 heavy (non-hydrogen) atoms. The molecule has 0 aliphatic rings. The van der Waals surface area contributed by atoms with Gasteiger partial charge in [-0.1, -0.05) is 24.3 Å². The number of hydrogen-bond donors (Lipinski definition) is 2. The SMILES string of the molecule is CSc1cccc(-c2csc(NC(=O)Nc3nc(-c4cccc(SC)c4)cs3)n2)c1. The van der Waals surface area contributed by atoms with Crippen molar-refractivity contribution in [2.75, 3.05) is 23.1 Å². The van der Waals surface area contributed by atoms with Crippen molar-refractivity contribution in [1.29, 1.82) is 0 Å². The molecule has 2 heterocycles. The number of benzene rings is 2. The van der Waals surface area contributed by atoms with Crippen molar-refractivity contribution in [3.63, 3.8) is 0 Å². The molecule has 0 radical (unpaired) electrons. The summed E-state index contributed by atoms with van der Waals surface area (Å²) in [5.41, 5.74) is 3.75. The molecule has 0 fully saturated rings. The molecule has 0 unspecified atom stereocenters. The molecule has 0 saturated carbocycles. The summed E-state index contributed by atoms with van der Waals surface area (Å²) in [4.78, 5) is 23.8. The Morgan fingerprint density at radius 2 is 1.27 bits per heavy atom. The van der Waals surface area contributed by atoms with Gasteiger partial charge in [0, 0.05) is 31.7 Å². The highest BCUT2D eigenvalue weighted by Crippen LogP contribution is 2.29. The van der Waals surface area contributed by atoms with Gasteiger partial charge in [-0.05, 0) is 36.8 Å². The lowest BCUT2D eigenvalue weighted by atomic mass is 10.2. The fourth-order valence-electron chi connectivity index (χ4n) is 2.72. The van der Waals surface area contributed by atoms with E-state index in [1.807, 2.05) is 47.5 Å². The van der Waals surface area contributed by atoms with Gasteiger partial charge in [-0.2, -0.15) is 0 Å². The molecule has 9 heteroatoms. The van der Waals surface area contributed by atoms with Crippen LogP contribution < -0.4 is 10.6 Å². The fraction of sp³-hybridized carbons (Fsp3) is 0.0952. The molecule has 2 amide bonds. The molecule has 0 atom stereocenters.